The Morgan fingerprint density at radius 3 is 2.67 bits per heavy atom. The van der Waals surface area contributed by atoms with E-state index in [4.69, 9.17) is 5.73 Å². The second-order valence-corrected chi connectivity index (χ2v) is 5.91. The van der Waals surface area contributed by atoms with Crippen LogP contribution in [0.1, 0.15) is 5.82 Å². The van der Waals surface area contributed by atoms with Gasteiger partial charge in [0, 0.05) is 17.2 Å². The van der Waals surface area contributed by atoms with Gasteiger partial charge < -0.3 is 5.73 Å². The second-order valence-electron chi connectivity index (χ2n) is 3.47. The molecular weight excluding hydrogens is 279 g/mol. The number of anilines is 2. The molecule has 2 aromatic rings. The number of nitrogen functional groups attached to an aromatic ring is 1. The van der Waals surface area contributed by atoms with Gasteiger partial charge in [0.1, 0.15) is 11.6 Å². The summed E-state index contributed by atoms with van der Waals surface area (Å²) in [6, 6.07) is 3.08. The van der Waals surface area contributed by atoms with E-state index in [1.807, 2.05) is 0 Å². The Balaban J connectivity index is 2.36. The van der Waals surface area contributed by atoms with Crippen LogP contribution in [-0.4, -0.2) is 17.8 Å². The van der Waals surface area contributed by atoms with Gasteiger partial charge in [-0.05, 0) is 25.1 Å². The van der Waals surface area contributed by atoms with Crippen molar-refractivity contribution in [2.45, 2.75) is 11.8 Å². The summed E-state index contributed by atoms with van der Waals surface area (Å²) >= 11 is 0.903. The standard InChI is InChI=1S/C9H9FN4O2S2/c1-5-12-9(17-13-5)14-18(15,16)8-3-6(10)2-7(11)4-8/h2-4H,11H2,1H3,(H,12,13,14). The molecule has 6 nitrogen and oxygen atoms in total. The first-order valence-electron chi connectivity index (χ1n) is 4.76. The average molecular weight is 288 g/mol. The van der Waals surface area contributed by atoms with Crippen molar-refractivity contribution in [2.75, 3.05) is 10.5 Å². The van der Waals surface area contributed by atoms with Gasteiger partial charge in [0.05, 0.1) is 4.90 Å². The number of halogens is 1. The predicted octanol–water partition coefficient (Wildman–Crippen LogP) is 1.37. The zero-order valence-corrected chi connectivity index (χ0v) is 10.8. The summed E-state index contributed by atoms with van der Waals surface area (Å²) in [5.74, 6) is -0.264. The van der Waals surface area contributed by atoms with Crippen molar-refractivity contribution in [3.63, 3.8) is 0 Å². The SMILES string of the molecule is Cc1nsc(NS(=O)(=O)c2cc(N)cc(F)c2)n1. The van der Waals surface area contributed by atoms with Gasteiger partial charge >= 0.3 is 0 Å². The number of hydrogen-bond donors (Lipinski definition) is 2. The number of nitrogens with two attached hydrogens (primary N) is 1. The molecule has 0 aliphatic heterocycles. The van der Waals surface area contributed by atoms with E-state index >= 15 is 0 Å². The van der Waals surface area contributed by atoms with E-state index < -0.39 is 15.8 Å². The molecule has 0 atom stereocenters. The van der Waals surface area contributed by atoms with E-state index in [0.29, 0.717) is 5.82 Å². The van der Waals surface area contributed by atoms with Crippen LogP contribution in [-0.2, 0) is 10.0 Å². The molecule has 96 valence electrons. The summed E-state index contributed by atoms with van der Waals surface area (Å²) in [6.07, 6.45) is 0. The largest absolute Gasteiger partial charge is 0.399 e. The topological polar surface area (TPSA) is 98.0 Å². The number of rotatable bonds is 3. The van der Waals surface area contributed by atoms with Gasteiger partial charge in [-0.25, -0.2) is 17.8 Å². The molecule has 0 fully saturated rings. The maximum absolute atomic E-state index is 13.1. The lowest BCUT2D eigenvalue weighted by Crippen LogP contribution is -2.13. The average Bonchev–Trinajstić information content (AvgIpc) is 2.61. The summed E-state index contributed by atoms with van der Waals surface area (Å²) in [5.41, 5.74) is 5.43. The first kappa shape index (κ1) is 12.7. The third-order valence-corrected chi connectivity index (χ3v) is 4.12. The molecule has 9 heteroatoms. The van der Waals surface area contributed by atoms with Crippen LogP contribution in [0.25, 0.3) is 0 Å². The van der Waals surface area contributed by atoms with E-state index in [2.05, 4.69) is 14.1 Å². The Morgan fingerprint density at radius 1 is 1.39 bits per heavy atom. The number of nitrogens with one attached hydrogen (secondary N) is 1. The van der Waals surface area contributed by atoms with Crippen LogP contribution in [0.2, 0.25) is 0 Å². The van der Waals surface area contributed by atoms with Gasteiger partial charge in [0.2, 0.25) is 5.13 Å². The van der Waals surface area contributed by atoms with Crippen molar-refractivity contribution >= 4 is 32.4 Å². The van der Waals surface area contributed by atoms with Crippen LogP contribution in [0.4, 0.5) is 15.2 Å². The summed E-state index contributed by atoms with van der Waals surface area (Å²) in [5, 5.41) is 0.121. The lowest BCUT2D eigenvalue weighted by atomic mass is 10.3. The van der Waals surface area contributed by atoms with E-state index in [-0.39, 0.29) is 15.7 Å². The summed E-state index contributed by atoms with van der Waals surface area (Å²) < 4.78 is 43.0. The number of nitrogens with zero attached hydrogens (tertiary/aromatic N) is 2. The van der Waals surface area contributed by atoms with Crippen LogP contribution in [0.15, 0.2) is 23.1 Å². The molecule has 0 aliphatic rings. The second kappa shape index (κ2) is 4.50. The maximum atomic E-state index is 13.1. The van der Waals surface area contributed by atoms with Crippen molar-refractivity contribution in [1.82, 2.24) is 9.36 Å². The van der Waals surface area contributed by atoms with Crippen molar-refractivity contribution in [1.29, 1.82) is 0 Å². The first-order valence-corrected chi connectivity index (χ1v) is 7.02. The number of benzene rings is 1. The van der Waals surface area contributed by atoms with Crippen LogP contribution >= 0.6 is 11.5 Å². The van der Waals surface area contributed by atoms with Crippen LogP contribution in [0.3, 0.4) is 0 Å². The van der Waals surface area contributed by atoms with Crippen molar-refractivity contribution in [3.05, 3.63) is 29.8 Å². The molecule has 0 bridgehead atoms. The smallest absolute Gasteiger partial charge is 0.263 e. The molecule has 18 heavy (non-hydrogen) atoms. The highest BCUT2D eigenvalue weighted by Gasteiger charge is 2.17. The lowest BCUT2D eigenvalue weighted by molar-refractivity contribution is 0.595. The third-order valence-electron chi connectivity index (χ3n) is 1.95. The zero-order chi connectivity index (χ0) is 13.3. The van der Waals surface area contributed by atoms with Gasteiger partial charge in [-0.1, -0.05) is 0 Å². The van der Waals surface area contributed by atoms with Gasteiger partial charge in [0.15, 0.2) is 0 Å². The fourth-order valence-electron chi connectivity index (χ4n) is 1.25. The molecule has 0 saturated heterocycles. The molecule has 1 aromatic carbocycles. The van der Waals surface area contributed by atoms with Gasteiger partial charge in [-0.15, -0.1) is 0 Å². The summed E-state index contributed by atoms with van der Waals surface area (Å²) in [6.45, 7) is 1.63. The molecule has 1 aromatic heterocycles. The van der Waals surface area contributed by atoms with Gasteiger partial charge in [-0.3, -0.25) is 4.72 Å². The van der Waals surface area contributed by atoms with Crippen LogP contribution in [0.5, 0.6) is 0 Å². The number of aryl methyl sites for hydroxylation is 1. The zero-order valence-electron chi connectivity index (χ0n) is 9.21. The minimum Gasteiger partial charge on any atom is -0.399 e. The van der Waals surface area contributed by atoms with Crippen molar-refractivity contribution in [3.8, 4) is 0 Å². The molecule has 0 saturated carbocycles. The molecule has 0 aliphatic carbocycles. The monoisotopic (exact) mass is 288 g/mol. The molecule has 0 radical (unpaired) electrons. The molecule has 2 rings (SSSR count). The fourth-order valence-corrected chi connectivity index (χ4v) is 3.11. The van der Waals surface area contributed by atoms with E-state index in [0.717, 1.165) is 23.7 Å². The quantitative estimate of drug-likeness (QED) is 0.831. The summed E-state index contributed by atoms with van der Waals surface area (Å²) in [7, 11) is -3.91. The highest BCUT2D eigenvalue weighted by molar-refractivity contribution is 7.93. The Morgan fingerprint density at radius 2 is 2.11 bits per heavy atom. The summed E-state index contributed by atoms with van der Waals surface area (Å²) in [4.78, 5) is 3.60. The normalized spacial score (nSPS) is 11.4. The number of sulfonamides is 1. The van der Waals surface area contributed by atoms with E-state index in [1.54, 1.807) is 6.92 Å². The predicted molar refractivity (Wildman–Crippen MR) is 66.3 cm³/mol. The first-order chi connectivity index (χ1) is 8.37. The minimum absolute atomic E-state index is 0.0313. The Hall–Kier alpha value is -1.74. The van der Waals surface area contributed by atoms with Gasteiger partial charge in [0.25, 0.3) is 10.0 Å². The Kier molecular flexibility index (Phi) is 3.18. The highest BCUT2D eigenvalue weighted by Crippen LogP contribution is 2.20. The molecule has 1 heterocycles. The number of aromatic nitrogens is 2. The van der Waals surface area contributed by atoms with Crippen LogP contribution < -0.4 is 10.5 Å². The van der Waals surface area contributed by atoms with Crippen molar-refractivity contribution < 1.29 is 12.8 Å². The highest BCUT2D eigenvalue weighted by atomic mass is 32.2. The molecule has 0 amide bonds. The van der Waals surface area contributed by atoms with Crippen molar-refractivity contribution in [2.24, 2.45) is 0 Å². The van der Waals surface area contributed by atoms with Gasteiger partial charge in [-0.2, -0.15) is 4.37 Å². The van der Waals surface area contributed by atoms with E-state index in [1.165, 1.54) is 6.07 Å². The molecule has 0 spiro atoms. The Labute approximate surface area is 107 Å². The number of hydrogen-bond acceptors (Lipinski definition) is 6. The molecular formula is C9H9FN4O2S2. The molecule has 3 N–H and O–H groups in total. The third kappa shape index (κ3) is 2.74. The fraction of sp³-hybridized carbons (Fsp3) is 0.111. The molecule has 0 unspecified atom stereocenters. The van der Waals surface area contributed by atoms with E-state index in [9.17, 15) is 12.8 Å². The Bertz CT molecular complexity index is 663. The lowest BCUT2D eigenvalue weighted by Gasteiger charge is -2.05. The maximum Gasteiger partial charge on any atom is 0.263 e. The van der Waals surface area contributed by atoms with Crippen LogP contribution in [0, 0.1) is 12.7 Å². The minimum atomic E-state index is -3.91.